The molecule has 0 aliphatic carbocycles. The average Bonchev–Trinajstić information content (AvgIpc) is 2.83. The molecule has 0 unspecified atom stereocenters. The number of amides is 1. The number of fused-ring (bicyclic) bond motifs is 1. The minimum Gasteiger partial charge on any atom is -0.350 e. The molecule has 168 valence electrons. The van der Waals surface area contributed by atoms with Gasteiger partial charge in [0.25, 0.3) is 10.0 Å². The maximum absolute atomic E-state index is 13.4. The van der Waals surface area contributed by atoms with Crippen LogP contribution in [0.15, 0.2) is 95.9 Å². The van der Waals surface area contributed by atoms with Gasteiger partial charge in [-0.2, -0.15) is 0 Å². The number of anilines is 1. The molecule has 0 heterocycles. The van der Waals surface area contributed by atoms with Crippen LogP contribution >= 0.6 is 23.2 Å². The molecule has 0 atom stereocenters. The summed E-state index contributed by atoms with van der Waals surface area (Å²) in [6, 6.07) is 26.2. The van der Waals surface area contributed by atoms with E-state index in [0.717, 1.165) is 20.6 Å². The predicted octanol–water partition coefficient (Wildman–Crippen LogP) is 5.66. The molecule has 4 aromatic carbocycles. The van der Waals surface area contributed by atoms with E-state index >= 15 is 0 Å². The van der Waals surface area contributed by atoms with Crippen LogP contribution in [0.25, 0.3) is 10.8 Å². The number of sulfonamides is 1. The van der Waals surface area contributed by atoms with Crippen molar-refractivity contribution < 1.29 is 13.2 Å². The Morgan fingerprint density at radius 1 is 0.818 bits per heavy atom. The minimum absolute atomic E-state index is 0.0443. The number of carbonyl (C=O) groups excluding carboxylic acids is 1. The van der Waals surface area contributed by atoms with Gasteiger partial charge in [0.1, 0.15) is 6.54 Å². The van der Waals surface area contributed by atoms with E-state index in [2.05, 4.69) is 5.32 Å². The minimum atomic E-state index is -4.08. The van der Waals surface area contributed by atoms with Crippen molar-refractivity contribution in [2.75, 3.05) is 10.8 Å². The number of hydrogen-bond acceptors (Lipinski definition) is 3. The molecule has 0 radical (unpaired) electrons. The van der Waals surface area contributed by atoms with Crippen LogP contribution in [0.2, 0.25) is 10.0 Å². The van der Waals surface area contributed by atoms with Crippen LogP contribution in [0.3, 0.4) is 0 Å². The van der Waals surface area contributed by atoms with Crippen LogP contribution in [0.1, 0.15) is 5.56 Å². The first kappa shape index (κ1) is 23.1. The number of nitrogens with one attached hydrogen (secondary N) is 1. The first-order chi connectivity index (χ1) is 15.9. The summed E-state index contributed by atoms with van der Waals surface area (Å²) in [6.07, 6.45) is 0. The Labute approximate surface area is 202 Å². The summed E-state index contributed by atoms with van der Waals surface area (Å²) in [5.74, 6) is -0.474. The summed E-state index contributed by atoms with van der Waals surface area (Å²) in [6.45, 7) is -0.204. The second kappa shape index (κ2) is 9.83. The molecule has 33 heavy (non-hydrogen) atoms. The third-order valence-corrected chi connectivity index (χ3v) is 7.76. The number of rotatable bonds is 7. The number of hydrogen-bond donors (Lipinski definition) is 1. The fourth-order valence-corrected chi connectivity index (χ4v) is 5.43. The first-order valence-corrected chi connectivity index (χ1v) is 12.3. The van der Waals surface area contributed by atoms with Gasteiger partial charge in [-0.25, -0.2) is 8.42 Å². The van der Waals surface area contributed by atoms with Crippen LogP contribution in [0.4, 0.5) is 5.69 Å². The molecule has 8 heteroatoms. The quantitative estimate of drug-likeness (QED) is 0.357. The normalized spacial score (nSPS) is 11.3. The maximum Gasteiger partial charge on any atom is 0.264 e. The van der Waals surface area contributed by atoms with E-state index < -0.39 is 22.5 Å². The first-order valence-electron chi connectivity index (χ1n) is 10.1. The van der Waals surface area contributed by atoms with E-state index in [1.165, 1.54) is 18.2 Å². The third kappa shape index (κ3) is 4.98. The second-order valence-corrected chi connectivity index (χ2v) is 9.96. The Bertz CT molecular complexity index is 1400. The van der Waals surface area contributed by atoms with Crippen molar-refractivity contribution in [2.24, 2.45) is 0 Å². The molecule has 0 aromatic heterocycles. The van der Waals surface area contributed by atoms with Crippen molar-refractivity contribution in [3.05, 3.63) is 107 Å². The highest BCUT2D eigenvalue weighted by atomic mass is 35.5. The van der Waals surface area contributed by atoms with E-state index in [4.69, 9.17) is 23.2 Å². The smallest absolute Gasteiger partial charge is 0.264 e. The van der Waals surface area contributed by atoms with Gasteiger partial charge in [0, 0.05) is 6.54 Å². The summed E-state index contributed by atoms with van der Waals surface area (Å²) in [4.78, 5) is 13.0. The second-order valence-electron chi connectivity index (χ2n) is 7.31. The van der Waals surface area contributed by atoms with Crippen LogP contribution in [-0.4, -0.2) is 20.9 Å². The number of halogens is 2. The van der Waals surface area contributed by atoms with Crippen molar-refractivity contribution in [1.29, 1.82) is 0 Å². The van der Waals surface area contributed by atoms with Crippen molar-refractivity contribution in [1.82, 2.24) is 5.32 Å². The fourth-order valence-electron chi connectivity index (χ4n) is 3.53. The van der Waals surface area contributed by atoms with Gasteiger partial charge < -0.3 is 5.32 Å². The van der Waals surface area contributed by atoms with Crippen molar-refractivity contribution in [3.8, 4) is 0 Å². The van der Waals surface area contributed by atoms with Crippen LogP contribution < -0.4 is 9.62 Å². The molecule has 5 nitrogen and oxygen atoms in total. The molecule has 0 fully saturated rings. The third-order valence-electron chi connectivity index (χ3n) is 5.17. The van der Waals surface area contributed by atoms with E-state index in [9.17, 15) is 13.2 Å². The fraction of sp³-hybridized carbons (Fsp3) is 0.0800. The van der Waals surface area contributed by atoms with Crippen LogP contribution in [-0.2, 0) is 21.4 Å². The molecule has 0 bridgehead atoms. The Morgan fingerprint density at radius 2 is 1.48 bits per heavy atom. The molecule has 0 aliphatic heterocycles. The van der Waals surface area contributed by atoms with Gasteiger partial charge in [0.15, 0.2) is 0 Å². The summed E-state index contributed by atoms with van der Waals surface area (Å²) in [7, 11) is -4.08. The van der Waals surface area contributed by atoms with E-state index in [0.29, 0.717) is 0 Å². The summed E-state index contributed by atoms with van der Waals surface area (Å²) < 4.78 is 27.8. The van der Waals surface area contributed by atoms with Gasteiger partial charge in [0.05, 0.1) is 20.6 Å². The van der Waals surface area contributed by atoms with Gasteiger partial charge in [-0.1, -0.05) is 89.9 Å². The van der Waals surface area contributed by atoms with Crippen molar-refractivity contribution in [3.63, 3.8) is 0 Å². The Morgan fingerprint density at radius 3 is 2.27 bits per heavy atom. The highest BCUT2D eigenvalue weighted by Crippen LogP contribution is 2.35. The van der Waals surface area contributed by atoms with E-state index in [1.807, 2.05) is 42.5 Å². The van der Waals surface area contributed by atoms with E-state index in [-0.39, 0.29) is 27.2 Å². The summed E-state index contributed by atoms with van der Waals surface area (Å²) in [5.41, 5.74) is 1.06. The lowest BCUT2D eigenvalue weighted by atomic mass is 10.0. The zero-order valence-electron chi connectivity index (χ0n) is 17.4. The van der Waals surface area contributed by atoms with Crippen molar-refractivity contribution in [2.45, 2.75) is 11.4 Å². The molecule has 4 rings (SSSR count). The SMILES string of the molecule is O=C(CN(c1cccc(Cl)c1Cl)S(=O)(=O)c1ccccc1)NCc1cccc2ccccc12. The maximum atomic E-state index is 13.4. The predicted molar refractivity (Wildman–Crippen MR) is 133 cm³/mol. The molecule has 1 amide bonds. The topological polar surface area (TPSA) is 66.5 Å². The van der Waals surface area contributed by atoms with Gasteiger partial charge in [0.2, 0.25) is 5.91 Å². The van der Waals surface area contributed by atoms with E-state index in [1.54, 1.807) is 30.3 Å². The molecule has 0 spiro atoms. The number of nitrogens with zero attached hydrogens (tertiary/aromatic N) is 1. The molecule has 0 saturated heterocycles. The molecule has 1 N–H and O–H groups in total. The number of carbonyl (C=O) groups is 1. The van der Waals surface area contributed by atoms with Gasteiger partial charge in [-0.15, -0.1) is 0 Å². The highest BCUT2D eigenvalue weighted by molar-refractivity contribution is 7.92. The largest absolute Gasteiger partial charge is 0.350 e. The average molecular weight is 499 g/mol. The molecule has 0 saturated carbocycles. The lowest BCUT2D eigenvalue weighted by molar-refractivity contribution is -0.119. The summed E-state index contributed by atoms with van der Waals surface area (Å²) in [5, 5.41) is 5.16. The molecular formula is C25H20Cl2N2O3S. The molecule has 4 aromatic rings. The standard InChI is InChI=1S/C25H20Cl2N2O3S/c26-22-14-7-15-23(25(22)27)29(33(31,32)20-11-2-1-3-12-20)17-24(30)28-16-19-10-6-9-18-8-4-5-13-21(18)19/h1-15H,16-17H2,(H,28,30). The lowest BCUT2D eigenvalue weighted by Crippen LogP contribution is -2.40. The van der Waals surface area contributed by atoms with Crippen molar-refractivity contribution >= 4 is 55.6 Å². The highest BCUT2D eigenvalue weighted by Gasteiger charge is 2.29. The Kier molecular flexibility index (Phi) is 6.88. The Hall–Kier alpha value is -3.06. The summed E-state index contributed by atoms with van der Waals surface area (Å²) >= 11 is 12.5. The zero-order chi connectivity index (χ0) is 23.4. The molecule has 0 aliphatic rings. The Balaban J connectivity index is 1.62. The van der Waals surface area contributed by atoms with Crippen LogP contribution in [0.5, 0.6) is 0 Å². The lowest BCUT2D eigenvalue weighted by Gasteiger charge is -2.25. The number of benzene rings is 4. The van der Waals surface area contributed by atoms with Gasteiger partial charge in [-0.3, -0.25) is 9.10 Å². The van der Waals surface area contributed by atoms with Gasteiger partial charge in [-0.05, 0) is 40.6 Å². The molecular weight excluding hydrogens is 479 g/mol. The zero-order valence-corrected chi connectivity index (χ0v) is 19.7. The van der Waals surface area contributed by atoms with Crippen LogP contribution in [0, 0.1) is 0 Å². The monoisotopic (exact) mass is 498 g/mol. The van der Waals surface area contributed by atoms with Gasteiger partial charge >= 0.3 is 0 Å².